The lowest BCUT2D eigenvalue weighted by Gasteiger charge is -2.30. The van der Waals surface area contributed by atoms with Gasteiger partial charge in [-0.05, 0) is 36.8 Å². The standard InChI is InChI=1S/C17H26N2O3/c1-13(2)15(12-14-8-4-5-9-16(14)21-3)18-17(20)19-10-6-7-11-22-19/h4-5,8-9,13,15H,6-7,10-12H2,1-3H3,(H,18,20)/t15-/m0/s1. The van der Waals surface area contributed by atoms with Crippen molar-refractivity contribution in [3.8, 4) is 5.75 Å². The second-order valence-electron chi connectivity index (χ2n) is 5.96. The van der Waals surface area contributed by atoms with E-state index in [4.69, 9.17) is 9.57 Å². The van der Waals surface area contributed by atoms with Crippen LogP contribution in [-0.4, -0.2) is 37.4 Å². The van der Waals surface area contributed by atoms with Crippen molar-refractivity contribution in [2.45, 2.75) is 39.2 Å². The normalized spacial score (nSPS) is 16.5. The van der Waals surface area contributed by atoms with E-state index in [-0.39, 0.29) is 12.1 Å². The fraction of sp³-hybridized carbons (Fsp3) is 0.588. The first-order chi connectivity index (χ1) is 10.6. The summed E-state index contributed by atoms with van der Waals surface area (Å²) in [7, 11) is 1.67. The zero-order chi connectivity index (χ0) is 15.9. The number of nitrogens with one attached hydrogen (secondary N) is 1. The topological polar surface area (TPSA) is 50.8 Å². The number of para-hydroxylation sites is 1. The highest BCUT2D eigenvalue weighted by molar-refractivity contribution is 5.73. The van der Waals surface area contributed by atoms with Gasteiger partial charge in [-0.25, -0.2) is 9.86 Å². The summed E-state index contributed by atoms with van der Waals surface area (Å²) in [5.74, 6) is 1.18. The number of ether oxygens (including phenoxy) is 1. The Bertz CT molecular complexity index is 485. The van der Waals surface area contributed by atoms with Gasteiger partial charge in [-0.2, -0.15) is 0 Å². The van der Waals surface area contributed by atoms with Crippen LogP contribution >= 0.6 is 0 Å². The van der Waals surface area contributed by atoms with E-state index in [0.29, 0.717) is 19.1 Å². The summed E-state index contributed by atoms with van der Waals surface area (Å²) in [5, 5.41) is 4.54. The van der Waals surface area contributed by atoms with Crippen LogP contribution in [0.5, 0.6) is 5.75 Å². The lowest BCUT2D eigenvalue weighted by Crippen LogP contribution is -2.49. The Morgan fingerprint density at radius 1 is 1.36 bits per heavy atom. The monoisotopic (exact) mass is 306 g/mol. The van der Waals surface area contributed by atoms with Crippen molar-refractivity contribution in [1.29, 1.82) is 0 Å². The molecule has 0 radical (unpaired) electrons. The Kier molecular flexibility index (Phi) is 6.07. The van der Waals surface area contributed by atoms with Crippen LogP contribution in [0, 0.1) is 5.92 Å². The molecule has 0 saturated carbocycles. The minimum Gasteiger partial charge on any atom is -0.496 e. The molecule has 0 spiro atoms. The first kappa shape index (κ1) is 16.6. The first-order valence-corrected chi connectivity index (χ1v) is 7.94. The average molecular weight is 306 g/mol. The van der Waals surface area contributed by atoms with E-state index in [2.05, 4.69) is 19.2 Å². The molecule has 1 fully saturated rings. The minimum atomic E-state index is -0.145. The Hall–Kier alpha value is -1.75. The Balaban J connectivity index is 2.01. The van der Waals surface area contributed by atoms with E-state index >= 15 is 0 Å². The molecule has 1 N–H and O–H groups in total. The fourth-order valence-corrected chi connectivity index (χ4v) is 2.55. The van der Waals surface area contributed by atoms with E-state index in [9.17, 15) is 4.79 Å². The van der Waals surface area contributed by atoms with Gasteiger partial charge in [0.15, 0.2) is 0 Å². The molecule has 0 bridgehead atoms. The number of hydrogen-bond donors (Lipinski definition) is 1. The van der Waals surface area contributed by atoms with E-state index < -0.39 is 0 Å². The number of rotatable bonds is 5. The number of carbonyl (C=O) groups is 1. The number of hydrogen-bond acceptors (Lipinski definition) is 3. The predicted molar refractivity (Wildman–Crippen MR) is 85.7 cm³/mol. The highest BCUT2D eigenvalue weighted by atomic mass is 16.7. The van der Waals surface area contributed by atoms with Gasteiger partial charge in [-0.3, -0.25) is 4.84 Å². The van der Waals surface area contributed by atoms with Gasteiger partial charge in [0.25, 0.3) is 0 Å². The zero-order valence-electron chi connectivity index (χ0n) is 13.7. The van der Waals surface area contributed by atoms with Crippen molar-refractivity contribution in [2.75, 3.05) is 20.3 Å². The summed E-state index contributed by atoms with van der Waals surface area (Å²) < 4.78 is 5.40. The highest BCUT2D eigenvalue weighted by Crippen LogP contribution is 2.21. The van der Waals surface area contributed by atoms with Crippen LogP contribution in [-0.2, 0) is 11.3 Å². The summed E-state index contributed by atoms with van der Waals surface area (Å²) >= 11 is 0. The summed E-state index contributed by atoms with van der Waals surface area (Å²) in [6.07, 6.45) is 2.74. The predicted octanol–water partition coefficient (Wildman–Crippen LogP) is 3.00. The molecular formula is C17H26N2O3. The fourth-order valence-electron chi connectivity index (χ4n) is 2.55. The van der Waals surface area contributed by atoms with E-state index in [0.717, 1.165) is 30.6 Å². The Morgan fingerprint density at radius 3 is 2.77 bits per heavy atom. The number of urea groups is 1. The van der Waals surface area contributed by atoms with Crippen molar-refractivity contribution >= 4 is 6.03 Å². The molecule has 1 aromatic rings. The van der Waals surface area contributed by atoms with Crippen molar-refractivity contribution in [1.82, 2.24) is 10.4 Å². The number of methoxy groups -OCH3 is 1. The molecule has 5 heteroatoms. The minimum absolute atomic E-state index is 0.0364. The van der Waals surface area contributed by atoms with Gasteiger partial charge in [-0.1, -0.05) is 32.0 Å². The third kappa shape index (κ3) is 4.37. The lowest BCUT2D eigenvalue weighted by atomic mass is 9.96. The molecule has 0 unspecified atom stereocenters. The SMILES string of the molecule is COc1ccccc1C[C@H](NC(=O)N1CCCCO1)C(C)C. The molecule has 0 aromatic heterocycles. The van der Waals surface area contributed by atoms with Crippen molar-refractivity contribution in [2.24, 2.45) is 5.92 Å². The van der Waals surface area contributed by atoms with Crippen LogP contribution in [0.15, 0.2) is 24.3 Å². The molecule has 1 aromatic carbocycles. The van der Waals surface area contributed by atoms with Gasteiger partial charge < -0.3 is 10.1 Å². The maximum atomic E-state index is 12.3. The summed E-state index contributed by atoms with van der Waals surface area (Å²) in [5.41, 5.74) is 1.10. The number of amides is 2. The van der Waals surface area contributed by atoms with Gasteiger partial charge >= 0.3 is 6.03 Å². The van der Waals surface area contributed by atoms with Crippen LogP contribution < -0.4 is 10.1 Å². The molecule has 1 saturated heterocycles. The maximum Gasteiger partial charge on any atom is 0.341 e. The Labute approximate surface area is 132 Å². The van der Waals surface area contributed by atoms with Gasteiger partial charge in [0.1, 0.15) is 5.75 Å². The zero-order valence-corrected chi connectivity index (χ0v) is 13.7. The van der Waals surface area contributed by atoms with Crippen LogP contribution in [0.25, 0.3) is 0 Å². The molecule has 1 atom stereocenters. The van der Waals surface area contributed by atoms with E-state index in [1.807, 2.05) is 24.3 Å². The van der Waals surface area contributed by atoms with Crippen molar-refractivity contribution in [3.63, 3.8) is 0 Å². The number of hydroxylamine groups is 2. The van der Waals surface area contributed by atoms with E-state index in [1.165, 1.54) is 5.06 Å². The quantitative estimate of drug-likeness (QED) is 0.910. The second-order valence-corrected chi connectivity index (χ2v) is 5.96. The van der Waals surface area contributed by atoms with Crippen LogP contribution in [0.2, 0.25) is 0 Å². The Morgan fingerprint density at radius 2 is 2.14 bits per heavy atom. The van der Waals surface area contributed by atoms with Crippen LogP contribution in [0.4, 0.5) is 4.79 Å². The van der Waals surface area contributed by atoms with Gasteiger partial charge in [0, 0.05) is 6.04 Å². The molecule has 1 aliphatic rings. The molecular weight excluding hydrogens is 280 g/mol. The van der Waals surface area contributed by atoms with Gasteiger partial charge in [0.2, 0.25) is 0 Å². The summed E-state index contributed by atoms with van der Waals surface area (Å²) in [6, 6.07) is 7.82. The van der Waals surface area contributed by atoms with Gasteiger partial charge in [-0.15, -0.1) is 0 Å². The molecule has 2 amide bonds. The number of carbonyl (C=O) groups excluding carboxylic acids is 1. The largest absolute Gasteiger partial charge is 0.496 e. The van der Waals surface area contributed by atoms with Gasteiger partial charge in [0.05, 0.1) is 20.3 Å². The number of benzene rings is 1. The average Bonchev–Trinajstić information content (AvgIpc) is 2.55. The van der Waals surface area contributed by atoms with Crippen LogP contribution in [0.3, 0.4) is 0 Å². The molecule has 22 heavy (non-hydrogen) atoms. The van der Waals surface area contributed by atoms with Crippen molar-refractivity contribution < 1.29 is 14.4 Å². The summed E-state index contributed by atoms with van der Waals surface area (Å²) in [4.78, 5) is 17.7. The summed E-state index contributed by atoms with van der Waals surface area (Å²) in [6.45, 7) is 5.49. The third-order valence-corrected chi connectivity index (χ3v) is 3.98. The lowest BCUT2D eigenvalue weighted by molar-refractivity contribution is -0.140. The first-order valence-electron chi connectivity index (χ1n) is 7.94. The molecule has 0 aliphatic carbocycles. The molecule has 1 heterocycles. The maximum absolute atomic E-state index is 12.3. The van der Waals surface area contributed by atoms with Crippen molar-refractivity contribution in [3.05, 3.63) is 29.8 Å². The molecule has 2 rings (SSSR count). The van der Waals surface area contributed by atoms with Crippen LogP contribution in [0.1, 0.15) is 32.3 Å². The van der Waals surface area contributed by atoms with E-state index in [1.54, 1.807) is 7.11 Å². The second kappa shape index (κ2) is 8.03. The smallest absolute Gasteiger partial charge is 0.341 e. The third-order valence-electron chi connectivity index (χ3n) is 3.98. The highest BCUT2D eigenvalue weighted by Gasteiger charge is 2.23. The number of nitrogens with zero attached hydrogens (tertiary/aromatic N) is 1. The molecule has 122 valence electrons. The molecule has 1 aliphatic heterocycles. The molecule has 5 nitrogen and oxygen atoms in total.